The van der Waals surface area contributed by atoms with E-state index < -0.39 is 0 Å². The van der Waals surface area contributed by atoms with Crippen LogP contribution in [0.2, 0.25) is 0 Å². The number of amides is 1. The predicted molar refractivity (Wildman–Crippen MR) is 117 cm³/mol. The number of carbonyl (C=O) groups is 1. The van der Waals surface area contributed by atoms with E-state index in [0.717, 1.165) is 30.3 Å². The first-order valence-electron chi connectivity index (χ1n) is 10.4. The van der Waals surface area contributed by atoms with Gasteiger partial charge in [-0.05, 0) is 67.8 Å². The van der Waals surface area contributed by atoms with E-state index in [1.165, 1.54) is 24.9 Å². The first-order chi connectivity index (χ1) is 14.2. The maximum absolute atomic E-state index is 12.0. The van der Waals surface area contributed by atoms with Gasteiger partial charge < -0.3 is 25.0 Å². The fourth-order valence-electron chi connectivity index (χ4n) is 3.38. The molecule has 6 heteroatoms. The second-order valence-corrected chi connectivity index (χ2v) is 7.15. The highest BCUT2D eigenvalue weighted by Crippen LogP contribution is 2.21. The van der Waals surface area contributed by atoms with E-state index in [2.05, 4.69) is 39.8 Å². The van der Waals surface area contributed by atoms with Crippen LogP contribution in [0.3, 0.4) is 0 Å². The highest BCUT2D eigenvalue weighted by Gasteiger charge is 2.10. The lowest BCUT2D eigenvalue weighted by atomic mass is 10.1. The van der Waals surface area contributed by atoms with Gasteiger partial charge in [-0.15, -0.1) is 0 Å². The van der Waals surface area contributed by atoms with Gasteiger partial charge in [-0.1, -0.05) is 0 Å². The molecule has 2 N–H and O–H groups in total. The molecule has 0 aliphatic carbocycles. The highest BCUT2D eigenvalue weighted by molar-refractivity contribution is 5.76. The molecule has 0 radical (unpaired) electrons. The van der Waals surface area contributed by atoms with E-state index in [9.17, 15) is 4.79 Å². The van der Waals surface area contributed by atoms with Crippen LogP contribution < -0.4 is 25.0 Å². The van der Waals surface area contributed by atoms with Gasteiger partial charge in [-0.25, -0.2) is 0 Å². The zero-order valence-corrected chi connectivity index (χ0v) is 17.2. The Bertz CT molecular complexity index is 741. The van der Waals surface area contributed by atoms with E-state index in [1.807, 2.05) is 24.3 Å². The summed E-state index contributed by atoms with van der Waals surface area (Å²) < 4.78 is 10.7. The number of carbonyl (C=O) groups excluding carboxylic acids is 1. The third kappa shape index (κ3) is 6.89. The van der Waals surface area contributed by atoms with Crippen molar-refractivity contribution in [2.75, 3.05) is 50.1 Å². The lowest BCUT2D eigenvalue weighted by Crippen LogP contribution is -2.29. The molecule has 0 spiro atoms. The molecule has 2 aromatic rings. The van der Waals surface area contributed by atoms with Gasteiger partial charge >= 0.3 is 0 Å². The summed E-state index contributed by atoms with van der Waals surface area (Å²) in [6.45, 7) is 3.82. The number of methoxy groups -OCH3 is 1. The molecule has 0 bridgehead atoms. The van der Waals surface area contributed by atoms with Gasteiger partial charge in [0.1, 0.15) is 18.1 Å². The van der Waals surface area contributed by atoms with Crippen LogP contribution in [0.25, 0.3) is 0 Å². The van der Waals surface area contributed by atoms with Crippen LogP contribution in [0.4, 0.5) is 11.4 Å². The summed E-state index contributed by atoms with van der Waals surface area (Å²) in [5.74, 6) is 1.56. The minimum Gasteiger partial charge on any atom is -0.497 e. The van der Waals surface area contributed by atoms with Crippen molar-refractivity contribution in [1.29, 1.82) is 0 Å². The van der Waals surface area contributed by atoms with Crippen LogP contribution in [0.15, 0.2) is 48.5 Å². The number of nitrogens with zero attached hydrogens (tertiary/aromatic N) is 1. The molecular formula is C23H31N3O3. The molecule has 0 unspecified atom stereocenters. The van der Waals surface area contributed by atoms with Gasteiger partial charge in [0, 0.05) is 37.4 Å². The van der Waals surface area contributed by atoms with Crippen LogP contribution in [0.1, 0.15) is 25.7 Å². The maximum Gasteiger partial charge on any atom is 0.221 e. The standard InChI is InChI=1S/C23H31N3O3/c1-28-21-9-11-22(12-10-21)29-18-15-25-23(27)13-14-24-19-5-7-20(8-6-19)26-16-3-2-4-17-26/h5-12,24H,2-4,13-18H2,1H3,(H,25,27). The van der Waals surface area contributed by atoms with Crippen molar-refractivity contribution in [1.82, 2.24) is 5.32 Å². The normalized spacial score (nSPS) is 13.6. The summed E-state index contributed by atoms with van der Waals surface area (Å²) in [4.78, 5) is 14.4. The predicted octanol–water partition coefficient (Wildman–Crippen LogP) is 3.68. The maximum atomic E-state index is 12.0. The highest BCUT2D eigenvalue weighted by atomic mass is 16.5. The van der Waals surface area contributed by atoms with E-state index in [0.29, 0.717) is 26.1 Å². The van der Waals surface area contributed by atoms with Crippen molar-refractivity contribution in [3.05, 3.63) is 48.5 Å². The SMILES string of the molecule is COc1ccc(OCCNC(=O)CCNc2ccc(N3CCCCC3)cc2)cc1. The molecule has 1 saturated heterocycles. The second-order valence-electron chi connectivity index (χ2n) is 7.15. The number of nitrogens with one attached hydrogen (secondary N) is 2. The smallest absolute Gasteiger partial charge is 0.221 e. The van der Waals surface area contributed by atoms with Crippen LogP contribution in [0, 0.1) is 0 Å². The number of ether oxygens (including phenoxy) is 2. The Kier molecular flexibility index (Phi) is 8.04. The Balaban J connectivity index is 1.28. The van der Waals surface area contributed by atoms with Crippen molar-refractivity contribution >= 4 is 17.3 Å². The van der Waals surface area contributed by atoms with Crippen molar-refractivity contribution in [3.8, 4) is 11.5 Å². The molecule has 1 aliphatic heterocycles. The molecule has 0 saturated carbocycles. The summed E-state index contributed by atoms with van der Waals surface area (Å²) in [6, 6.07) is 15.9. The number of hydrogen-bond acceptors (Lipinski definition) is 5. The van der Waals surface area contributed by atoms with Crippen molar-refractivity contribution in [2.45, 2.75) is 25.7 Å². The minimum absolute atomic E-state index is 0.0146. The third-order valence-corrected chi connectivity index (χ3v) is 5.02. The van der Waals surface area contributed by atoms with Gasteiger partial charge in [0.05, 0.1) is 13.7 Å². The fraction of sp³-hybridized carbons (Fsp3) is 0.435. The van der Waals surface area contributed by atoms with Crippen molar-refractivity contribution < 1.29 is 14.3 Å². The lowest BCUT2D eigenvalue weighted by Gasteiger charge is -2.28. The zero-order chi connectivity index (χ0) is 20.3. The van der Waals surface area contributed by atoms with Crippen LogP contribution >= 0.6 is 0 Å². The first-order valence-corrected chi connectivity index (χ1v) is 10.4. The largest absolute Gasteiger partial charge is 0.497 e. The molecule has 1 aliphatic rings. The molecular weight excluding hydrogens is 366 g/mol. The Labute approximate surface area is 173 Å². The minimum atomic E-state index is 0.0146. The Morgan fingerprint density at radius 1 is 0.931 bits per heavy atom. The zero-order valence-electron chi connectivity index (χ0n) is 17.2. The molecule has 6 nitrogen and oxygen atoms in total. The number of anilines is 2. The molecule has 2 aromatic carbocycles. The molecule has 29 heavy (non-hydrogen) atoms. The monoisotopic (exact) mass is 397 g/mol. The number of benzene rings is 2. The van der Waals surface area contributed by atoms with Gasteiger partial charge in [0.25, 0.3) is 0 Å². The van der Waals surface area contributed by atoms with E-state index >= 15 is 0 Å². The summed E-state index contributed by atoms with van der Waals surface area (Å²) in [7, 11) is 1.63. The number of rotatable bonds is 10. The lowest BCUT2D eigenvalue weighted by molar-refractivity contribution is -0.120. The van der Waals surface area contributed by atoms with Gasteiger partial charge in [-0.2, -0.15) is 0 Å². The van der Waals surface area contributed by atoms with E-state index in [-0.39, 0.29) is 5.91 Å². The summed E-state index contributed by atoms with van der Waals surface area (Å²) >= 11 is 0. The van der Waals surface area contributed by atoms with E-state index in [1.54, 1.807) is 7.11 Å². The van der Waals surface area contributed by atoms with Crippen LogP contribution in [-0.4, -0.2) is 45.8 Å². The Hall–Kier alpha value is -2.89. The molecule has 1 amide bonds. The number of hydrogen-bond donors (Lipinski definition) is 2. The second kappa shape index (κ2) is 11.2. The van der Waals surface area contributed by atoms with Gasteiger partial charge in [0.15, 0.2) is 0 Å². The fourth-order valence-corrected chi connectivity index (χ4v) is 3.38. The molecule has 156 valence electrons. The Morgan fingerprint density at radius 3 is 2.31 bits per heavy atom. The average molecular weight is 398 g/mol. The first kappa shape index (κ1) is 20.8. The molecule has 1 heterocycles. The molecule has 0 atom stereocenters. The summed E-state index contributed by atoms with van der Waals surface area (Å²) in [5, 5.41) is 6.19. The molecule has 0 aromatic heterocycles. The summed E-state index contributed by atoms with van der Waals surface area (Å²) in [6.07, 6.45) is 4.32. The third-order valence-electron chi connectivity index (χ3n) is 5.02. The van der Waals surface area contributed by atoms with Crippen molar-refractivity contribution in [3.63, 3.8) is 0 Å². The summed E-state index contributed by atoms with van der Waals surface area (Å²) in [5.41, 5.74) is 2.33. The van der Waals surface area contributed by atoms with Crippen molar-refractivity contribution in [2.24, 2.45) is 0 Å². The average Bonchev–Trinajstić information content (AvgIpc) is 2.78. The van der Waals surface area contributed by atoms with Crippen LogP contribution in [0.5, 0.6) is 11.5 Å². The van der Waals surface area contributed by atoms with E-state index in [4.69, 9.17) is 9.47 Å². The topological polar surface area (TPSA) is 62.8 Å². The van der Waals surface area contributed by atoms with Crippen LogP contribution in [-0.2, 0) is 4.79 Å². The number of piperidine rings is 1. The molecule has 3 rings (SSSR count). The molecule has 1 fully saturated rings. The quantitative estimate of drug-likeness (QED) is 0.599. The Morgan fingerprint density at radius 2 is 1.62 bits per heavy atom. The van der Waals surface area contributed by atoms with Gasteiger partial charge in [-0.3, -0.25) is 4.79 Å². The van der Waals surface area contributed by atoms with Gasteiger partial charge in [0.2, 0.25) is 5.91 Å².